The molecule has 25 heavy (non-hydrogen) atoms. The van der Waals surface area contributed by atoms with E-state index in [1.807, 2.05) is 0 Å². The van der Waals surface area contributed by atoms with E-state index in [0.29, 0.717) is 18.9 Å². The van der Waals surface area contributed by atoms with Crippen molar-refractivity contribution in [1.82, 2.24) is 15.3 Å². The van der Waals surface area contributed by atoms with Gasteiger partial charge in [0.15, 0.2) is 0 Å². The van der Waals surface area contributed by atoms with Crippen molar-refractivity contribution < 1.29 is 14.7 Å². The molecule has 0 unspecified atom stereocenters. The topological polar surface area (TPSA) is 92.2 Å². The Hall–Kier alpha value is -2.28. The molecule has 0 aromatic carbocycles. The van der Waals surface area contributed by atoms with Gasteiger partial charge in [0.1, 0.15) is 11.4 Å². The molecule has 2 N–H and O–H groups in total. The molecule has 0 radical (unpaired) electrons. The minimum Gasteiger partial charge on any atom is -0.477 e. The molecule has 3 rings (SSSR count). The number of pyridine rings is 1. The zero-order chi connectivity index (χ0) is 17.6. The molecule has 6 nitrogen and oxygen atoms in total. The van der Waals surface area contributed by atoms with E-state index >= 15 is 0 Å². The number of aromatic carboxylic acids is 1. The van der Waals surface area contributed by atoms with Gasteiger partial charge in [0.05, 0.1) is 10.7 Å². The van der Waals surface area contributed by atoms with E-state index in [-0.39, 0.29) is 17.3 Å². The first-order valence-electron chi connectivity index (χ1n) is 8.56. The zero-order valence-corrected chi connectivity index (χ0v) is 14.7. The Kier molecular flexibility index (Phi) is 5.75. The van der Waals surface area contributed by atoms with Crippen LogP contribution in [0, 0.1) is 0 Å². The number of hydrogen-bond acceptors (Lipinski definition) is 5. The zero-order valence-electron chi connectivity index (χ0n) is 13.9. The molecule has 2 aromatic heterocycles. The minimum atomic E-state index is -1.15. The Labute approximate surface area is 150 Å². The molecular weight excluding hydrogens is 338 g/mol. The molecule has 1 amide bonds. The van der Waals surface area contributed by atoms with Gasteiger partial charge in [-0.2, -0.15) is 0 Å². The van der Waals surface area contributed by atoms with Gasteiger partial charge in [0.2, 0.25) is 0 Å². The van der Waals surface area contributed by atoms with E-state index in [4.69, 9.17) is 10.1 Å². The maximum Gasteiger partial charge on any atom is 0.354 e. The summed E-state index contributed by atoms with van der Waals surface area (Å²) in [5, 5.41) is 14.9. The summed E-state index contributed by atoms with van der Waals surface area (Å²) in [5.74, 6) is -0.920. The van der Waals surface area contributed by atoms with E-state index in [1.54, 1.807) is 11.3 Å². The highest BCUT2D eigenvalue weighted by Gasteiger charge is 2.18. The van der Waals surface area contributed by atoms with Crippen LogP contribution in [0.3, 0.4) is 0 Å². The first-order valence-corrected chi connectivity index (χ1v) is 9.44. The molecule has 0 aliphatic heterocycles. The molecule has 2 heterocycles. The molecule has 2 aromatic rings. The van der Waals surface area contributed by atoms with Crippen LogP contribution in [0.4, 0.5) is 0 Å². The van der Waals surface area contributed by atoms with Gasteiger partial charge >= 0.3 is 5.97 Å². The predicted octanol–water partition coefficient (Wildman–Crippen LogP) is 3.26. The quantitative estimate of drug-likeness (QED) is 0.826. The largest absolute Gasteiger partial charge is 0.477 e. The predicted molar refractivity (Wildman–Crippen MR) is 95.2 cm³/mol. The number of carbonyl (C=O) groups is 2. The Morgan fingerprint density at radius 3 is 2.68 bits per heavy atom. The average Bonchev–Trinajstić information content (AvgIpc) is 3.11. The van der Waals surface area contributed by atoms with Crippen molar-refractivity contribution >= 4 is 23.2 Å². The number of carbonyl (C=O) groups excluding carboxylic acids is 1. The molecule has 1 aliphatic carbocycles. The highest BCUT2D eigenvalue weighted by molar-refractivity contribution is 7.09. The van der Waals surface area contributed by atoms with Crippen LogP contribution in [-0.4, -0.2) is 33.5 Å². The summed E-state index contributed by atoms with van der Waals surface area (Å²) in [5.41, 5.74) is 1.17. The Morgan fingerprint density at radius 1 is 1.16 bits per heavy atom. The van der Waals surface area contributed by atoms with Crippen molar-refractivity contribution in [3.63, 3.8) is 0 Å². The van der Waals surface area contributed by atoms with Crippen molar-refractivity contribution in [2.75, 3.05) is 6.54 Å². The molecule has 1 aliphatic rings. The Bertz CT molecular complexity index is 754. The Balaban J connectivity index is 1.51. The lowest BCUT2D eigenvalue weighted by atomic mass is 9.87. The van der Waals surface area contributed by atoms with Crippen LogP contribution in [0.25, 0.3) is 0 Å². The van der Waals surface area contributed by atoms with E-state index in [2.05, 4.69) is 15.7 Å². The van der Waals surface area contributed by atoms with Gasteiger partial charge in [-0.3, -0.25) is 4.79 Å². The fourth-order valence-corrected chi connectivity index (χ4v) is 3.96. The van der Waals surface area contributed by atoms with Gasteiger partial charge in [-0.1, -0.05) is 25.3 Å². The van der Waals surface area contributed by atoms with Crippen LogP contribution in [-0.2, 0) is 6.42 Å². The maximum atomic E-state index is 12.1. The number of rotatable bonds is 6. The van der Waals surface area contributed by atoms with Crippen LogP contribution >= 0.6 is 11.3 Å². The van der Waals surface area contributed by atoms with Crippen LogP contribution in [0.15, 0.2) is 23.6 Å². The van der Waals surface area contributed by atoms with E-state index in [1.165, 1.54) is 56.0 Å². The van der Waals surface area contributed by atoms with Gasteiger partial charge in [-0.05, 0) is 25.0 Å². The third-order valence-corrected chi connectivity index (χ3v) is 5.35. The summed E-state index contributed by atoms with van der Waals surface area (Å²) in [6, 6.07) is 4.39. The lowest BCUT2D eigenvalue weighted by Gasteiger charge is -2.19. The smallest absolute Gasteiger partial charge is 0.354 e. The molecule has 0 saturated heterocycles. The summed E-state index contributed by atoms with van der Waals surface area (Å²) in [7, 11) is 0. The fourth-order valence-electron chi connectivity index (χ4n) is 3.08. The van der Waals surface area contributed by atoms with Crippen LogP contribution in [0.1, 0.15) is 69.7 Å². The first-order chi connectivity index (χ1) is 12.1. The Morgan fingerprint density at radius 2 is 1.92 bits per heavy atom. The SMILES string of the molecule is O=C(O)c1cccc(C(=O)NCCc2nc(C3CCCCC3)cs2)n1. The second-order valence-electron chi connectivity index (χ2n) is 6.22. The molecule has 7 heteroatoms. The van der Waals surface area contributed by atoms with Crippen molar-refractivity contribution in [3.05, 3.63) is 45.7 Å². The summed E-state index contributed by atoms with van der Waals surface area (Å²) in [6.45, 7) is 0.454. The average molecular weight is 359 g/mol. The number of aromatic nitrogens is 2. The molecule has 1 fully saturated rings. The summed E-state index contributed by atoms with van der Waals surface area (Å²) in [6.07, 6.45) is 7.03. The molecular formula is C18H21N3O3S. The normalized spacial score (nSPS) is 15.0. The van der Waals surface area contributed by atoms with E-state index < -0.39 is 5.97 Å². The molecule has 0 atom stereocenters. The van der Waals surface area contributed by atoms with Gasteiger partial charge in [0.25, 0.3) is 5.91 Å². The van der Waals surface area contributed by atoms with Crippen LogP contribution in [0.5, 0.6) is 0 Å². The van der Waals surface area contributed by atoms with Crippen LogP contribution < -0.4 is 5.32 Å². The number of amides is 1. The summed E-state index contributed by atoms with van der Waals surface area (Å²) < 4.78 is 0. The van der Waals surface area contributed by atoms with Gasteiger partial charge in [-0.25, -0.2) is 14.8 Å². The number of nitrogens with zero attached hydrogens (tertiary/aromatic N) is 2. The number of nitrogens with one attached hydrogen (secondary N) is 1. The van der Waals surface area contributed by atoms with Crippen molar-refractivity contribution in [1.29, 1.82) is 0 Å². The molecule has 0 bridgehead atoms. The highest BCUT2D eigenvalue weighted by Crippen LogP contribution is 2.33. The monoisotopic (exact) mass is 359 g/mol. The third-order valence-electron chi connectivity index (χ3n) is 4.42. The van der Waals surface area contributed by atoms with Crippen molar-refractivity contribution in [2.24, 2.45) is 0 Å². The number of hydrogen-bond donors (Lipinski definition) is 2. The van der Waals surface area contributed by atoms with Gasteiger partial charge < -0.3 is 10.4 Å². The van der Waals surface area contributed by atoms with Crippen molar-refractivity contribution in [3.8, 4) is 0 Å². The second kappa shape index (κ2) is 8.20. The molecule has 0 spiro atoms. The highest BCUT2D eigenvalue weighted by atomic mass is 32.1. The first kappa shape index (κ1) is 17.5. The summed E-state index contributed by atoms with van der Waals surface area (Å²) >= 11 is 1.64. The fraction of sp³-hybridized carbons (Fsp3) is 0.444. The van der Waals surface area contributed by atoms with Gasteiger partial charge in [0, 0.05) is 24.3 Å². The minimum absolute atomic E-state index is 0.113. The lowest BCUT2D eigenvalue weighted by molar-refractivity contribution is 0.0690. The lowest BCUT2D eigenvalue weighted by Crippen LogP contribution is -2.27. The number of carboxylic acids is 1. The molecule has 1 saturated carbocycles. The second-order valence-corrected chi connectivity index (χ2v) is 7.16. The van der Waals surface area contributed by atoms with E-state index in [0.717, 1.165) is 5.01 Å². The molecule has 132 valence electrons. The summed E-state index contributed by atoms with van der Waals surface area (Å²) in [4.78, 5) is 31.5. The van der Waals surface area contributed by atoms with Crippen molar-refractivity contribution in [2.45, 2.75) is 44.4 Å². The van der Waals surface area contributed by atoms with Gasteiger partial charge in [-0.15, -0.1) is 11.3 Å². The third kappa shape index (κ3) is 4.63. The standard InChI is InChI=1S/C18H21N3O3S/c22-17(13-7-4-8-14(20-13)18(23)24)19-10-9-16-21-15(11-25-16)12-5-2-1-3-6-12/h4,7-8,11-12H,1-3,5-6,9-10H2,(H,19,22)(H,23,24). The van der Waals surface area contributed by atoms with E-state index in [9.17, 15) is 9.59 Å². The maximum absolute atomic E-state index is 12.1. The number of thiazole rings is 1. The van der Waals surface area contributed by atoms with Crippen LogP contribution in [0.2, 0.25) is 0 Å². The number of carboxylic acid groups (broad SMARTS) is 1.